The minimum Gasteiger partial charge on any atom is -0.353 e. The fourth-order valence-electron chi connectivity index (χ4n) is 3.20. The van der Waals surface area contributed by atoms with Gasteiger partial charge in [0.1, 0.15) is 17.7 Å². The monoisotopic (exact) mass is 334 g/mol. The first-order chi connectivity index (χ1) is 10.6. The fourth-order valence-corrected chi connectivity index (χ4v) is 4.83. The van der Waals surface area contributed by atoms with Crippen LogP contribution in [0, 0.1) is 0 Å². The number of rotatable bonds is 1. The molecule has 2 aliphatic heterocycles. The summed E-state index contributed by atoms with van der Waals surface area (Å²) in [5.74, 6) is 0.00993. The van der Waals surface area contributed by atoms with Gasteiger partial charge in [-0.2, -0.15) is 0 Å². The van der Waals surface area contributed by atoms with Gasteiger partial charge in [-0.3, -0.25) is 4.79 Å². The van der Waals surface area contributed by atoms with Crippen LogP contribution < -0.4 is 15.5 Å². The Balaban J connectivity index is 1.73. The third-order valence-corrected chi connectivity index (χ3v) is 5.86. The topological polar surface area (TPSA) is 45.6 Å². The average Bonchev–Trinajstić information content (AvgIpc) is 2.85. The summed E-state index contributed by atoms with van der Waals surface area (Å²) in [6.45, 7) is 2.08. The summed E-state index contributed by atoms with van der Waals surface area (Å²) in [6.07, 6.45) is 0.706. The number of amides is 1. The van der Waals surface area contributed by atoms with Crippen LogP contribution in [-0.4, -0.2) is 19.5 Å². The molecule has 1 aromatic heterocycles. The van der Waals surface area contributed by atoms with Crippen LogP contribution in [0.1, 0.15) is 32.5 Å². The van der Waals surface area contributed by atoms with Crippen molar-refractivity contribution in [2.75, 3.05) is 18.9 Å². The molecule has 4 nitrogen and oxygen atoms in total. The predicted octanol–water partition coefficient (Wildman–Crippen LogP) is 1.83. The SMILES string of the molecule is C[NH+]1CCc2c(sc3c2C(=O)NC(c2ccccc2Cl)N3)C1. The van der Waals surface area contributed by atoms with E-state index in [1.807, 2.05) is 24.3 Å². The molecule has 3 heterocycles. The van der Waals surface area contributed by atoms with Crippen LogP contribution in [-0.2, 0) is 13.0 Å². The van der Waals surface area contributed by atoms with Gasteiger partial charge in [0, 0.05) is 17.0 Å². The molecule has 6 heteroatoms. The standard InChI is InChI=1S/C16H16ClN3OS/c1-20-7-6-10-12(8-20)22-16-13(10)15(21)18-14(19-16)9-4-2-3-5-11(9)17/h2-5,14,19H,6-8H2,1H3,(H,18,21)/p+1. The maximum Gasteiger partial charge on any atom is 0.256 e. The van der Waals surface area contributed by atoms with Gasteiger partial charge in [0.05, 0.1) is 24.0 Å². The first-order valence-electron chi connectivity index (χ1n) is 7.41. The molecule has 22 heavy (non-hydrogen) atoms. The predicted molar refractivity (Wildman–Crippen MR) is 88.8 cm³/mol. The first-order valence-corrected chi connectivity index (χ1v) is 8.60. The molecule has 3 N–H and O–H groups in total. The second-order valence-electron chi connectivity index (χ2n) is 5.91. The van der Waals surface area contributed by atoms with Crippen molar-refractivity contribution >= 4 is 33.8 Å². The van der Waals surface area contributed by atoms with Gasteiger partial charge in [0.15, 0.2) is 0 Å². The molecule has 0 fully saturated rings. The lowest BCUT2D eigenvalue weighted by Gasteiger charge is -2.27. The Morgan fingerprint density at radius 2 is 2.14 bits per heavy atom. The highest BCUT2D eigenvalue weighted by Crippen LogP contribution is 2.39. The molecular formula is C16H17ClN3OS+. The van der Waals surface area contributed by atoms with Gasteiger partial charge in [0.2, 0.25) is 0 Å². The molecule has 0 saturated heterocycles. The molecule has 2 aromatic rings. The number of likely N-dealkylation sites (N-methyl/N-ethyl adjacent to an activating group) is 1. The molecule has 2 aliphatic rings. The Morgan fingerprint density at radius 3 is 2.95 bits per heavy atom. The zero-order valence-electron chi connectivity index (χ0n) is 12.2. The van der Waals surface area contributed by atoms with Crippen LogP contribution >= 0.6 is 22.9 Å². The molecule has 1 amide bonds. The van der Waals surface area contributed by atoms with E-state index in [-0.39, 0.29) is 12.1 Å². The largest absolute Gasteiger partial charge is 0.353 e. The van der Waals surface area contributed by atoms with E-state index in [2.05, 4.69) is 17.7 Å². The van der Waals surface area contributed by atoms with Crippen LogP contribution in [0.3, 0.4) is 0 Å². The summed E-state index contributed by atoms with van der Waals surface area (Å²) in [6, 6.07) is 7.61. The number of fused-ring (bicyclic) bond motifs is 3. The number of hydrogen-bond donors (Lipinski definition) is 3. The van der Waals surface area contributed by atoms with E-state index in [4.69, 9.17) is 11.6 Å². The molecule has 0 bridgehead atoms. The number of anilines is 1. The molecule has 0 saturated carbocycles. The van der Waals surface area contributed by atoms with Crippen LogP contribution in [0.25, 0.3) is 0 Å². The summed E-state index contributed by atoms with van der Waals surface area (Å²) < 4.78 is 0. The Labute approximate surface area is 138 Å². The second kappa shape index (κ2) is 5.26. The first kappa shape index (κ1) is 14.1. The van der Waals surface area contributed by atoms with E-state index in [9.17, 15) is 4.79 Å². The van der Waals surface area contributed by atoms with Gasteiger partial charge >= 0.3 is 0 Å². The summed E-state index contributed by atoms with van der Waals surface area (Å²) in [5, 5.41) is 8.13. The Kier molecular flexibility index (Phi) is 3.36. The molecule has 2 atom stereocenters. The summed E-state index contributed by atoms with van der Waals surface area (Å²) in [4.78, 5) is 15.4. The molecule has 114 valence electrons. The van der Waals surface area contributed by atoms with E-state index >= 15 is 0 Å². The van der Waals surface area contributed by atoms with Crippen LogP contribution in [0.2, 0.25) is 5.02 Å². The number of nitrogens with one attached hydrogen (secondary N) is 3. The molecule has 4 rings (SSSR count). The quantitative estimate of drug-likeness (QED) is 0.745. The maximum atomic E-state index is 12.6. The minimum atomic E-state index is -0.265. The molecular weight excluding hydrogens is 318 g/mol. The molecule has 0 radical (unpaired) electrons. The van der Waals surface area contributed by atoms with E-state index in [0.717, 1.165) is 35.6 Å². The van der Waals surface area contributed by atoms with E-state index in [0.29, 0.717) is 5.02 Å². The van der Waals surface area contributed by atoms with Crippen molar-refractivity contribution in [1.29, 1.82) is 0 Å². The normalized spacial score (nSPS) is 23.3. The lowest BCUT2D eigenvalue weighted by atomic mass is 10.0. The molecule has 2 unspecified atom stereocenters. The zero-order valence-corrected chi connectivity index (χ0v) is 13.8. The number of carbonyl (C=O) groups is 1. The van der Waals surface area contributed by atoms with Gasteiger partial charge in [-0.1, -0.05) is 29.8 Å². The van der Waals surface area contributed by atoms with Crippen molar-refractivity contribution in [1.82, 2.24) is 5.32 Å². The van der Waals surface area contributed by atoms with E-state index in [1.54, 1.807) is 11.3 Å². The third kappa shape index (κ3) is 2.20. The van der Waals surface area contributed by atoms with Crippen molar-refractivity contribution < 1.29 is 9.69 Å². The van der Waals surface area contributed by atoms with Crippen molar-refractivity contribution in [2.45, 2.75) is 19.1 Å². The third-order valence-electron chi connectivity index (χ3n) is 4.35. The van der Waals surface area contributed by atoms with Gasteiger partial charge in [-0.25, -0.2) is 0 Å². The van der Waals surface area contributed by atoms with Gasteiger partial charge in [-0.15, -0.1) is 11.3 Å². The molecule has 0 aliphatic carbocycles. The molecule has 0 spiro atoms. The molecule has 1 aromatic carbocycles. The highest BCUT2D eigenvalue weighted by molar-refractivity contribution is 7.16. The van der Waals surface area contributed by atoms with E-state index < -0.39 is 0 Å². The highest BCUT2D eigenvalue weighted by atomic mass is 35.5. The van der Waals surface area contributed by atoms with Crippen molar-refractivity contribution in [2.24, 2.45) is 0 Å². The van der Waals surface area contributed by atoms with E-state index in [1.165, 1.54) is 15.3 Å². The number of thiophene rings is 1. The van der Waals surface area contributed by atoms with Crippen molar-refractivity contribution in [3.8, 4) is 0 Å². The van der Waals surface area contributed by atoms with Crippen LogP contribution in [0.15, 0.2) is 24.3 Å². The Bertz CT molecular complexity index is 758. The van der Waals surface area contributed by atoms with Gasteiger partial charge in [-0.05, 0) is 11.6 Å². The summed E-state index contributed by atoms with van der Waals surface area (Å²) >= 11 is 7.98. The Morgan fingerprint density at radius 1 is 1.32 bits per heavy atom. The Hall–Kier alpha value is -1.56. The average molecular weight is 335 g/mol. The fraction of sp³-hybridized carbons (Fsp3) is 0.312. The van der Waals surface area contributed by atoms with Crippen molar-refractivity contribution in [3.63, 3.8) is 0 Å². The number of halogens is 1. The van der Waals surface area contributed by atoms with Gasteiger partial charge < -0.3 is 15.5 Å². The minimum absolute atomic E-state index is 0.00993. The number of benzene rings is 1. The number of hydrogen-bond acceptors (Lipinski definition) is 3. The zero-order chi connectivity index (χ0) is 15.3. The second-order valence-corrected chi connectivity index (χ2v) is 7.43. The number of quaternary nitrogens is 1. The summed E-state index contributed by atoms with van der Waals surface area (Å²) in [5.41, 5.74) is 2.97. The number of carbonyl (C=O) groups excluding carboxylic acids is 1. The van der Waals surface area contributed by atoms with Crippen LogP contribution in [0.4, 0.5) is 5.00 Å². The smallest absolute Gasteiger partial charge is 0.256 e. The van der Waals surface area contributed by atoms with Gasteiger partial charge in [0.25, 0.3) is 5.91 Å². The summed E-state index contributed by atoms with van der Waals surface area (Å²) in [7, 11) is 2.20. The lowest BCUT2D eigenvalue weighted by molar-refractivity contribution is -0.895. The maximum absolute atomic E-state index is 12.6. The van der Waals surface area contributed by atoms with Crippen molar-refractivity contribution in [3.05, 3.63) is 50.9 Å². The van der Waals surface area contributed by atoms with Crippen LogP contribution in [0.5, 0.6) is 0 Å². The lowest BCUT2D eigenvalue weighted by Crippen LogP contribution is -3.08. The highest BCUT2D eigenvalue weighted by Gasteiger charge is 2.34.